The van der Waals surface area contributed by atoms with Gasteiger partial charge >= 0.3 is 0 Å². The highest BCUT2D eigenvalue weighted by Crippen LogP contribution is 2.34. The fourth-order valence-corrected chi connectivity index (χ4v) is 4.93. The Morgan fingerprint density at radius 2 is 2.15 bits per heavy atom. The van der Waals surface area contributed by atoms with Crippen LogP contribution >= 0.6 is 0 Å². The first-order valence-electron chi connectivity index (χ1n) is 10.4. The molecule has 6 heteroatoms. The fraction of sp³-hybridized carbons (Fsp3) is 0.667. The van der Waals surface area contributed by atoms with E-state index in [9.17, 15) is 4.79 Å². The maximum absolute atomic E-state index is 12.8. The van der Waals surface area contributed by atoms with Crippen LogP contribution in [0.4, 0.5) is 0 Å². The van der Waals surface area contributed by atoms with Crippen LogP contribution in [0.5, 0.6) is 0 Å². The molecule has 3 fully saturated rings. The van der Waals surface area contributed by atoms with Crippen LogP contribution in [-0.2, 0) is 9.53 Å². The van der Waals surface area contributed by atoms with Gasteiger partial charge < -0.3 is 15.0 Å². The van der Waals surface area contributed by atoms with Crippen LogP contribution in [0.3, 0.4) is 0 Å². The third-order valence-corrected chi connectivity index (χ3v) is 6.42. The van der Waals surface area contributed by atoms with Gasteiger partial charge in [0.2, 0.25) is 5.91 Å². The zero-order chi connectivity index (χ0) is 18.6. The number of benzene rings is 1. The maximum Gasteiger partial charge on any atom is 0.225 e. The maximum atomic E-state index is 12.8. The number of amides is 1. The number of likely N-dealkylation sites (tertiary alicyclic amines) is 1. The molecular formula is C21H32N4O2. The van der Waals surface area contributed by atoms with E-state index in [1.54, 1.807) is 0 Å². The number of hydrazine groups is 1. The summed E-state index contributed by atoms with van der Waals surface area (Å²) in [7, 11) is 0. The molecule has 3 aliphatic rings. The van der Waals surface area contributed by atoms with Gasteiger partial charge in [0, 0.05) is 50.1 Å². The molecule has 3 N–H and O–H groups in total. The third kappa shape index (κ3) is 4.19. The lowest BCUT2D eigenvalue weighted by molar-refractivity contribution is -0.136. The van der Waals surface area contributed by atoms with Crippen molar-refractivity contribution >= 4 is 5.91 Å². The van der Waals surface area contributed by atoms with Gasteiger partial charge in [-0.15, -0.1) is 0 Å². The van der Waals surface area contributed by atoms with Crippen molar-refractivity contribution in [1.29, 1.82) is 0 Å². The Balaban J connectivity index is 1.41. The molecule has 0 saturated carbocycles. The molecule has 0 radical (unpaired) electrons. The van der Waals surface area contributed by atoms with Gasteiger partial charge in [0.15, 0.2) is 0 Å². The van der Waals surface area contributed by atoms with E-state index < -0.39 is 0 Å². The number of rotatable bonds is 5. The van der Waals surface area contributed by atoms with E-state index >= 15 is 0 Å². The molecule has 3 aliphatic heterocycles. The van der Waals surface area contributed by atoms with Crippen LogP contribution in [-0.4, -0.2) is 61.8 Å². The standard InChI is InChI=1S/C21H32N4O2/c1-2-17(15-6-4-3-5-7-15)21-18-14-25(10-8-19(18)23-24-21)20(26)12-16-13-22-9-11-27-16/h3-7,16-19,21-24H,2,8-14H2,1H3. The Morgan fingerprint density at radius 1 is 1.30 bits per heavy atom. The number of hydrogen-bond acceptors (Lipinski definition) is 5. The summed E-state index contributed by atoms with van der Waals surface area (Å²) >= 11 is 0. The Bertz CT molecular complexity index is 620. The highest BCUT2D eigenvalue weighted by molar-refractivity contribution is 5.77. The topological polar surface area (TPSA) is 65.6 Å². The average molecular weight is 373 g/mol. The average Bonchev–Trinajstić information content (AvgIpc) is 3.13. The van der Waals surface area contributed by atoms with Crippen molar-refractivity contribution < 1.29 is 9.53 Å². The normalized spacial score (nSPS) is 32.1. The number of carbonyl (C=O) groups excluding carboxylic acids is 1. The molecule has 1 aromatic carbocycles. The molecule has 1 aromatic rings. The minimum Gasteiger partial charge on any atom is -0.375 e. The van der Waals surface area contributed by atoms with Crippen molar-refractivity contribution in [3.63, 3.8) is 0 Å². The van der Waals surface area contributed by atoms with Gasteiger partial charge in [-0.05, 0) is 18.4 Å². The van der Waals surface area contributed by atoms with Crippen molar-refractivity contribution in [2.45, 2.75) is 50.3 Å². The van der Waals surface area contributed by atoms with E-state index in [4.69, 9.17) is 4.74 Å². The number of hydrogen-bond donors (Lipinski definition) is 3. The summed E-state index contributed by atoms with van der Waals surface area (Å²) in [5.74, 6) is 1.13. The van der Waals surface area contributed by atoms with Crippen molar-refractivity contribution in [3.05, 3.63) is 35.9 Å². The van der Waals surface area contributed by atoms with Gasteiger partial charge in [-0.3, -0.25) is 15.6 Å². The second-order valence-electron chi connectivity index (χ2n) is 8.04. The van der Waals surface area contributed by atoms with Crippen LogP contribution in [0.25, 0.3) is 0 Å². The molecule has 1 amide bonds. The van der Waals surface area contributed by atoms with E-state index in [2.05, 4.69) is 58.3 Å². The highest BCUT2D eigenvalue weighted by Gasteiger charge is 2.44. The number of ether oxygens (including phenoxy) is 1. The van der Waals surface area contributed by atoms with Crippen molar-refractivity contribution in [1.82, 2.24) is 21.1 Å². The molecule has 0 aromatic heterocycles. The molecule has 5 atom stereocenters. The molecular weight excluding hydrogens is 340 g/mol. The monoisotopic (exact) mass is 372 g/mol. The predicted octanol–water partition coefficient (Wildman–Crippen LogP) is 1.25. The van der Waals surface area contributed by atoms with Gasteiger partial charge in [0.1, 0.15) is 0 Å². The summed E-state index contributed by atoms with van der Waals surface area (Å²) in [5, 5.41) is 3.31. The van der Waals surface area contributed by atoms with Crippen LogP contribution < -0.4 is 16.2 Å². The minimum atomic E-state index is 0.0207. The van der Waals surface area contributed by atoms with Crippen molar-refractivity contribution in [2.24, 2.45) is 5.92 Å². The molecule has 4 rings (SSSR count). The van der Waals surface area contributed by atoms with Gasteiger partial charge in [0.05, 0.1) is 19.1 Å². The van der Waals surface area contributed by atoms with E-state index in [0.717, 1.165) is 39.0 Å². The van der Waals surface area contributed by atoms with E-state index in [-0.39, 0.29) is 12.0 Å². The van der Waals surface area contributed by atoms with Gasteiger partial charge in [-0.2, -0.15) is 0 Å². The third-order valence-electron chi connectivity index (χ3n) is 6.42. The van der Waals surface area contributed by atoms with Crippen LogP contribution in [0.2, 0.25) is 0 Å². The molecule has 3 saturated heterocycles. The second kappa shape index (κ2) is 8.69. The number of morpholine rings is 1. The summed E-state index contributed by atoms with van der Waals surface area (Å²) < 4.78 is 5.73. The van der Waals surface area contributed by atoms with E-state index in [0.29, 0.717) is 36.9 Å². The number of nitrogens with zero attached hydrogens (tertiary/aromatic N) is 1. The highest BCUT2D eigenvalue weighted by atomic mass is 16.5. The summed E-state index contributed by atoms with van der Waals surface area (Å²) in [6.45, 7) is 6.29. The number of fused-ring (bicyclic) bond motifs is 1. The minimum absolute atomic E-state index is 0.0207. The van der Waals surface area contributed by atoms with Crippen LogP contribution in [0.15, 0.2) is 30.3 Å². The molecule has 5 unspecified atom stereocenters. The zero-order valence-corrected chi connectivity index (χ0v) is 16.2. The second-order valence-corrected chi connectivity index (χ2v) is 8.04. The lowest BCUT2D eigenvalue weighted by Gasteiger charge is -2.38. The SMILES string of the molecule is CCC(c1ccccc1)C1NNC2CCN(C(=O)CC3CNCCO3)CC21. The van der Waals surface area contributed by atoms with Crippen molar-refractivity contribution in [3.8, 4) is 0 Å². The first-order chi connectivity index (χ1) is 13.3. The summed E-state index contributed by atoms with van der Waals surface area (Å²) in [6.07, 6.45) is 2.61. The Hall–Kier alpha value is -1.47. The zero-order valence-electron chi connectivity index (χ0n) is 16.2. The van der Waals surface area contributed by atoms with Gasteiger partial charge in [0.25, 0.3) is 0 Å². The Labute approximate surface area is 162 Å². The summed E-state index contributed by atoms with van der Waals surface area (Å²) in [4.78, 5) is 14.9. The molecule has 6 nitrogen and oxygen atoms in total. The number of piperidine rings is 1. The Kier molecular flexibility index (Phi) is 6.08. The predicted molar refractivity (Wildman–Crippen MR) is 105 cm³/mol. The van der Waals surface area contributed by atoms with Crippen LogP contribution in [0, 0.1) is 5.92 Å². The van der Waals surface area contributed by atoms with Crippen LogP contribution in [0.1, 0.15) is 37.7 Å². The summed E-state index contributed by atoms with van der Waals surface area (Å²) in [5.41, 5.74) is 8.46. The smallest absolute Gasteiger partial charge is 0.225 e. The Morgan fingerprint density at radius 3 is 2.89 bits per heavy atom. The lowest BCUT2D eigenvalue weighted by Crippen LogP contribution is -2.50. The largest absolute Gasteiger partial charge is 0.375 e. The van der Waals surface area contributed by atoms with Gasteiger partial charge in [-0.25, -0.2) is 0 Å². The quantitative estimate of drug-likeness (QED) is 0.726. The lowest BCUT2D eigenvalue weighted by atomic mass is 9.78. The molecule has 0 aliphatic carbocycles. The van der Waals surface area contributed by atoms with E-state index in [1.165, 1.54) is 5.56 Å². The first kappa shape index (κ1) is 18.9. The first-order valence-corrected chi connectivity index (χ1v) is 10.4. The molecule has 0 spiro atoms. The fourth-order valence-electron chi connectivity index (χ4n) is 4.93. The molecule has 0 bridgehead atoms. The molecule has 3 heterocycles. The number of nitrogens with one attached hydrogen (secondary N) is 3. The summed E-state index contributed by atoms with van der Waals surface area (Å²) in [6, 6.07) is 11.6. The van der Waals surface area contributed by atoms with E-state index in [1.807, 2.05) is 0 Å². The van der Waals surface area contributed by atoms with Crippen molar-refractivity contribution in [2.75, 3.05) is 32.8 Å². The molecule has 27 heavy (non-hydrogen) atoms. The van der Waals surface area contributed by atoms with Gasteiger partial charge in [-0.1, -0.05) is 37.3 Å². The molecule has 148 valence electrons. The number of carbonyl (C=O) groups is 1.